The van der Waals surface area contributed by atoms with Crippen LogP contribution in [-0.2, 0) is 12.8 Å². The molecule has 0 spiro atoms. The second-order valence-electron chi connectivity index (χ2n) is 5.68. The third-order valence-corrected chi connectivity index (χ3v) is 4.64. The van der Waals surface area contributed by atoms with Gasteiger partial charge in [-0.15, -0.1) is 12.4 Å². The highest BCUT2D eigenvalue weighted by Gasteiger charge is 2.33. The average molecular weight is 318 g/mol. The molecular weight excluding hydrogens is 298 g/mol. The number of rotatable bonds is 2. The molecule has 1 N–H and O–H groups in total. The van der Waals surface area contributed by atoms with Gasteiger partial charge in [-0.2, -0.15) is 0 Å². The zero-order valence-corrected chi connectivity index (χ0v) is 13.6. The van der Waals surface area contributed by atoms with Gasteiger partial charge in [-0.1, -0.05) is 24.3 Å². The summed E-state index contributed by atoms with van der Waals surface area (Å²) in [5.41, 5.74) is 6.66. The van der Waals surface area contributed by atoms with E-state index >= 15 is 0 Å². The van der Waals surface area contributed by atoms with E-state index in [1.807, 2.05) is 0 Å². The molecule has 0 saturated carbocycles. The maximum absolute atomic E-state index is 5.71. The fourth-order valence-corrected chi connectivity index (χ4v) is 3.75. The second-order valence-corrected chi connectivity index (χ2v) is 5.68. The molecule has 1 unspecified atom stereocenters. The van der Waals surface area contributed by atoms with Crippen molar-refractivity contribution < 1.29 is 9.47 Å². The van der Waals surface area contributed by atoms with Crippen LogP contribution < -0.4 is 14.8 Å². The van der Waals surface area contributed by atoms with E-state index in [4.69, 9.17) is 9.47 Å². The third-order valence-electron chi connectivity index (χ3n) is 4.64. The average Bonchev–Trinajstić information content (AvgIpc) is 2.54. The Kier molecular flexibility index (Phi) is 4.02. The first kappa shape index (κ1) is 15.2. The van der Waals surface area contributed by atoms with Crippen molar-refractivity contribution in [3.63, 3.8) is 0 Å². The van der Waals surface area contributed by atoms with Gasteiger partial charge in [0.15, 0.2) is 11.5 Å². The normalized spacial score (nSPS) is 17.8. The predicted octanol–water partition coefficient (Wildman–Crippen LogP) is 3.54. The molecule has 22 heavy (non-hydrogen) atoms. The molecule has 4 rings (SSSR count). The van der Waals surface area contributed by atoms with E-state index in [0.29, 0.717) is 6.04 Å². The van der Waals surface area contributed by atoms with Crippen LogP contribution in [0.1, 0.15) is 22.7 Å². The smallest absolute Gasteiger partial charge is 0.168 e. The molecule has 0 radical (unpaired) electrons. The minimum absolute atomic E-state index is 0. The molecule has 0 amide bonds. The minimum atomic E-state index is 0. The number of fused-ring (bicyclic) bond motifs is 2. The molecule has 1 aliphatic carbocycles. The molecule has 116 valence electrons. The SMILES string of the molecule is COc1cc2c3c(c1OC)-c1ccccc1CC3NCC2.Cl. The number of hydrogen-bond donors (Lipinski definition) is 1. The van der Waals surface area contributed by atoms with Crippen molar-refractivity contribution in [2.75, 3.05) is 20.8 Å². The van der Waals surface area contributed by atoms with E-state index in [-0.39, 0.29) is 12.4 Å². The van der Waals surface area contributed by atoms with E-state index in [1.54, 1.807) is 14.2 Å². The van der Waals surface area contributed by atoms with Gasteiger partial charge >= 0.3 is 0 Å². The maximum Gasteiger partial charge on any atom is 0.168 e. The van der Waals surface area contributed by atoms with Gasteiger partial charge in [0.25, 0.3) is 0 Å². The van der Waals surface area contributed by atoms with Gasteiger partial charge in [0.2, 0.25) is 0 Å². The van der Waals surface area contributed by atoms with E-state index in [9.17, 15) is 0 Å². The summed E-state index contributed by atoms with van der Waals surface area (Å²) in [6.07, 6.45) is 2.09. The summed E-state index contributed by atoms with van der Waals surface area (Å²) in [5.74, 6) is 1.70. The van der Waals surface area contributed by atoms with Gasteiger partial charge in [-0.3, -0.25) is 0 Å². The summed E-state index contributed by atoms with van der Waals surface area (Å²) in [5, 5.41) is 3.65. The largest absolute Gasteiger partial charge is 0.493 e. The summed E-state index contributed by atoms with van der Waals surface area (Å²) in [6, 6.07) is 11.2. The Morgan fingerprint density at radius 3 is 2.68 bits per heavy atom. The molecule has 1 aliphatic heterocycles. The molecule has 0 aromatic heterocycles. The zero-order valence-electron chi connectivity index (χ0n) is 12.8. The fraction of sp³-hybridized carbons (Fsp3) is 0.333. The van der Waals surface area contributed by atoms with Gasteiger partial charge in [-0.25, -0.2) is 0 Å². The van der Waals surface area contributed by atoms with Crippen LogP contribution in [0.3, 0.4) is 0 Å². The Morgan fingerprint density at radius 2 is 1.91 bits per heavy atom. The topological polar surface area (TPSA) is 30.5 Å². The molecule has 2 aromatic rings. The van der Waals surface area contributed by atoms with E-state index in [2.05, 4.69) is 35.6 Å². The summed E-state index contributed by atoms with van der Waals surface area (Å²) >= 11 is 0. The summed E-state index contributed by atoms with van der Waals surface area (Å²) < 4.78 is 11.3. The van der Waals surface area contributed by atoms with Crippen molar-refractivity contribution in [1.29, 1.82) is 0 Å². The van der Waals surface area contributed by atoms with Gasteiger partial charge < -0.3 is 14.8 Å². The molecule has 2 aliphatic rings. The molecule has 1 atom stereocenters. The molecular formula is C18H20ClNO2. The van der Waals surface area contributed by atoms with Crippen molar-refractivity contribution >= 4 is 12.4 Å². The minimum Gasteiger partial charge on any atom is -0.493 e. The number of methoxy groups -OCH3 is 2. The lowest BCUT2D eigenvalue weighted by Gasteiger charge is -2.35. The van der Waals surface area contributed by atoms with Crippen LogP contribution in [0.4, 0.5) is 0 Å². The molecule has 4 heteroatoms. The first-order valence-electron chi connectivity index (χ1n) is 7.43. The number of halogens is 1. The van der Waals surface area contributed by atoms with Crippen molar-refractivity contribution in [1.82, 2.24) is 5.32 Å². The van der Waals surface area contributed by atoms with Crippen LogP contribution in [0.15, 0.2) is 30.3 Å². The quantitative estimate of drug-likeness (QED) is 0.919. The first-order chi connectivity index (χ1) is 10.3. The Labute approximate surface area is 137 Å². The van der Waals surface area contributed by atoms with Gasteiger partial charge in [0.1, 0.15) is 0 Å². The fourth-order valence-electron chi connectivity index (χ4n) is 3.75. The highest BCUT2D eigenvalue weighted by atomic mass is 35.5. The zero-order chi connectivity index (χ0) is 14.4. The highest BCUT2D eigenvalue weighted by Crippen LogP contribution is 2.50. The molecule has 0 bridgehead atoms. The summed E-state index contributed by atoms with van der Waals surface area (Å²) in [7, 11) is 3.44. The van der Waals surface area contributed by atoms with Crippen LogP contribution in [0.25, 0.3) is 11.1 Å². The van der Waals surface area contributed by atoms with Crippen LogP contribution >= 0.6 is 12.4 Å². The van der Waals surface area contributed by atoms with Crippen molar-refractivity contribution in [2.45, 2.75) is 18.9 Å². The van der Waals surface area contributed by atoms with E-state index < -0.39 is 0 Å². The molecule has 3 nitrogen and oxygen atoms in total. The lowest BCUT2D eigenvalue weighted by atomic mass is 9.77. The number of nitrogens with one attached hydrogen (secondary N) is 1. The van der Waals surface area contributed by atoms with Gasteiger partial charge in [0.05, 0.1) is 14.2 Å². The summed E-state index contributed by atoms with van der Waals surface area (Å²) in [6.45, 7) is 1.02. The van der Waals surface area contributed by atoms with Crippen LogP contribution in [0, 0.1) is 0 Å². The number of benzene rings is 2. The van der Waals surface area contributed by atoms with Gasteiger partial charge in [0, 0.05) is 11.6 Å². The van der Waals surface area contributed by atoms with Crippen LogP contribution in [0.5, 0.6) is 11.5 Å². The van der Waals surface area contributed by atoms with Crippen LogP contribution in [0.2, 0.25) is 0 Å². The molecule has 0 fully saturated rings. The van der Waals surface area contributed by atoms with Crippen molar-refractivity contribution in [3.8, 4) is 22.6 Å². The van der Waals surface area contributed by atoms with Crippen molar-refractivity contribution in [3.05, 3.63) is 47.0 Å². The molecule has 1 heterocycles. The Balaban J connectivity index is 0.00000144. The lowest BCUT2D eigenvalue weighted by Crippen LogP contribution is -2.33. The monoisotopic (exact) mass is 317 g/mol. The van der Waals surface area contributed by atoms with Crippen molar-refractivity contribution in [2.24, 2.45) is 0 Å². The third kappa shape index (κ3) is 2.08. The second kappa shape index (κ2) is 5.82. The maximum atomic E-state index is 5.71. The molecule has 2 aromatic carbocycles. The number of hydrogen-bond acceptors (Lipinski definition) is 3. The Bertz CT molecular complexity index is 714. The number of ether oxygens (including phenoxy) is 2. The molecule has 0 saturated heterocycles. The Morgan fingerprint density at radius 1 is 1.09 bits per heavy atom. The highest BCUT2D eigenvalue weighted by molar-refractivity contribution is 5.85. The predicted molar refractivity (Wildman–Crippen MR) is 90.4 cm³/mol. The van der Waals surface area contributed by atoms with E-state index in [1.165, 1.54) is 27.8 Å². The standard InChI is InChI=1S/C18H19NO2.ClH/c1-20-15-10-12-7-8-19-14-9-11-5-3-4-6-13(11)17(16(12)14)18(15)21-2;/h3-6,10,14,19H,7-9H2,1-2H3;1H. The Hall–Kier alpha value is -1.71. The van der Waals surface area contributed by atoms with Gasteiger partial charge in [-0.05, 0) is 47.7 Å². The first-order valence-corrected chi connectivity index (χ1v) is 7.43. The van der Waals surface area contributed by atoms with E-state index in [0.717, 1.165) is 30.9 Å². The van der Waals surface area contributed by atoms with Crippen LogP contribution in [-0.4, -0.2) is 20.8 Å². The summed E-state index contributed by atoms with van der Waals surface area (Å²) in [4.78, 5) is 0. The lowest BCUT2D eigenvalue weighted by molar-refractivity contribution is 0.353.